The van der Waals surface area contributed by atoms with Crippen molar-refractivity contribution in [2.75, 3.05) is 13.1 Å². The van der Waals surface area contributed by atoms with E-state index in [4.69, 9.17) is 11.5 Å². The van der Waals surface area contributed by atoms with Gasteiger partial charge in [0.05, 0.1) is 0 Å². The summed E-state index contributed by atoms with van der Waals surface area (Å²) in [6.07, 6.45) is 4.01. The van der Waals surface area contributed by atoms with Crippen molar-refractivity contribution < 1.29 is 0 Å². The predicted octanol–water partition coefficient (Wildman–Crippen LogP) is 5.28. The maximum absolute atomic E-state index is 5.87. The molecule has 160 valence electrons. The minimum Gasteiger partial charge on any atom is -0.327 e. The molecule has 0 aromatic heterocycles. The van der Waals surface area contributed by atoms with Crippen molar-refractivity contribution in [1.29, 1.82) is 0 Å². The van der Waals surface area contributed by atoms with Crippen LogP contribution in [-0.2, 0) is 0 Å². The van der Waals surface area contributed by atoms with E-state index in [0.29, 0.717) is 35.8 Å². The summed E-state index contributed by atoms with van der Waals surface area (Å²) in [4.78, 5) is 0. The zero-order valence-electron chi connectivity index (χ0n) is 19.8. The average Bonchev–Trinajstić information content (AvgIpc) is 2.61. The Morgan fingerprint density at radius 2 is 1.27 bits per heavy atom. The van der Waals surface area contributed by atoms with Gasteiger partial charge in [-0.2, -0.15) is 0 Å². The molecule has 1 rings (SSSR count). The highest BCUT2D eigenvalue weighted by atomic mass is 14.9. The van der Waals surface area contributed by atoms with Gasteiger partial charge in [0.1, 0.15) is 0 Å². The summed E-state index contributed by atoms with van der Waals surface area (Å²) in [6.45, 7) is 24.5. The van der Waals surface area contributed by atoms with Gasteiger partial charge in [-0.3, -0.25) is 0 Å². The molecule has 3 atom stereocenters. The van der Waals surface area contributed by atoms with E-state index >= 15 is 0 Å². The van der Waals surface area contributed by atoms with Crippen LogP contribution < -0.4 is 16.8 Å². The number of nitrogens with two attached hydrogens (primary N) is 2. The van der Waals surface area contributed by atoms with Gasteiger partial charge in [0.25, 0.3) is 0 Å². The number of hydrogen-bond acceptors (Lipinski definition) is 3. The van der Waals surface area contributed by atoms with E-state index in [2.05, 4.69) is 74.6 Å². The van der Waals surface area contributed by atoms with Crippen LogP contribution in [0, 0.1) is 35.5 Å². The Morgan fingerprint density at radius 3 is 1.42 bits per heavy atom. The topological polar surface area (TPSA) is 64.1 Å². The first kappa shape index (κ1) is 28.1. The Hall–Kier alpha value is -0.120. The predicted molar refractivity (Wildman–Crippen MR) is 120 cm³/mol. The largest absolute Gasteiger partial charge is 0.327 e. The first-order valence-electron chi connectivity index (χ1n) is 11.2. The second-order valence-electron chi connectivity index (χ2n) is 9.62. The van der Waals surface area contributed by atoms with Crippen LogP contribution in [0.3, 0.4) is 0 Å². The maximum Gasteiger partial charge on any atom is 0.00876 e. The second kappa shape index (κ2) is 15.9. The molecule has 0 saturated carbocycles. The molecule has 1 aliphatic rings. The molecule has 3 heteroatoms. The summed E-state index contributed by atoms with van der Waals surface area (Å²) in [6, 6.07) is 0.755. The molecule has 0 spiro atoms. The molecule has 1 fully saturated rings. The maximum atomic E-state index is 5.87. The Balaban J connectivity index is 0. The highest BCUT2D eigenvalue weighted by Gasteiger charge is 2.15. The van der Waals surface area contributed by atoms with E-state index in [1.165, 1.54) is 32.4 Å². The standard InChI is InChI=1S/C8H17N.C8H19N.C7H17N/c1-7(2)8-4-3-5-9-6-8;1-5-7(4)8(9)6(2)3;1-5(2)7(8)6(3)4/h7-9H,3-6H2,1-2H3;6-8H,5,9H2,1-4H3;5-7H,8H2,1-4H3. The molecule has 1 heterocycles. The third-order valence-corrected chi connectivity index (χ3v) is 5.89. The van der Waals surface area contributed by atoms with Gasteiger partial charge in [-0.05, 0) is 61.4 Å². The first-order chi connectivity index (χ1) is 11.9. The van der Waals surface area contributed by atoms with E-state index in [1.807, 2.05) is 0 Å². The van der Waals surface area contributed by atoms with Gasteiger partial charge >= 0.3 is 0 Å². The molecule has 1 aliphatic heterocycles. The summed E-state index contributed by atoms with van der Waals surface area (Å²) in [5, 5.41) is 3.42. The van der Waals surface area contributed by atoms with Crippen molar-refractivity contribution in [3.8, 4) is 0 Å². The summed E-state index contributed by atoms with van der Waals surface area (Å²) in [5.41, 5.74) is 11.6. The van der Waals surface area contributed by atoms with E-state index in [1.54, 1.807) is 0 Å². The molecule has 0 bridgehead atoms. The Bertz CT molecular complexity index is 280. The van der Waals surface area contributed by atoms with Crippen LogP contribution in [0.15, 0.2) is 0 Å². The fourth-order valence-corrected chi connectivity index (χ4v) is 3.15. The van der Waals surface area contributed by atoms with Gasteiger partial charge in [0, 0.05) is 12.1 Å². The summed E-state index contributed by atoms with van der Waals surface area (Å²) >= 11 is 0. The van der Waals surface area contributed by atoms with Gasteiger partial charge in [-0.15, -0.1) is 0 Å². The van der Waals surface area contributed by atoms with Crippen LogP contribution in [0.1, 0.15) is 88.5 Å². The Labute approximate surface area is 166 Å². The molecule has 0 aromatic rings. The molecule has 5 N–H and O–H groups in total. The smallest absolute Gasteiger partial charge is 0.00876 e. The van der Waals surface area contributed by atoms with E-state index in [9.17, 15) is 0 Å². The highest BCUT2D eigenvalue weighted by Crippen LogP contribution is 2.18. The molecule has 26 heavy (non-hydrogen) atoms. The second-order valence-corrected chi connectivity index (χ2v) is 9.62. The van der Waals surface area contributed by atoms with E-state index < -0.39 is 0 Å². The van der Waals surface area contributed by atoms with Crippen molar-refractivity contribution in [3.63, 3.8) is 0 Å². The number of piperidine rings is 1. The summed E-state index contributed by atoms with van der Waals surface area (Å²) < 4.78 is 0. The van der Waals surface area contributed by atoms with Crippen LogP contribution in [0.5, 0.6) is 0 Å². The lowest BCUT2D eigenvalue weighted by atomic mass is 9.89. The molecular weight excluding hydrogens is 318 g/mol. The van der Waals surface area contributed by atoms with Crippen molar-refractivity contribution in [2.24, 2.45) is 47.0 Å². The number of nitrogens with one attached hydrogen (secondary N) is 1. The lowest BCUT2D eigenvalue weighted by Gasteiger charge is -2.25. The van der Waals surface area contributed by atoms with Gasteiger partial charge in [0.2, 0.25) is 0 Å². The van der Waals surface area contributed by atoms with Crippen LogP contribution in [0.2, 0.25) is 0 Å². The number of hydrogen-bond donors (Lipinski definition) is 3. The molecule has 0 amide bonds. The SMILES string of the molecule is CC(C)C(N)C(C)C.CC(C)C1CCCNC1.CCC(C)C(N)C(C)C. The minimum atomic E-state index is 0.370. The lowest BCUT2D eigenvalue weighted by molar-refractivity contribution is 0.296. The van der Waals surface area contributed by atoms with Crippen LogP contribution in [-0.4, -0.2) is 25.2 Å². The van der Waals surface area contributed by atoms with Gasteiger partial charge in [0.15, 0.2) is 0 Å². The Kier molecular flexibility index (Phi) is 17.2. The molecule has 1 saturated heterocycles. The third-order valence-electron chi connectivity index (χ3n) is 5.89. The molecule has 0 aliphatic carbocycles. The lowest BCUT2D eigenvalue weighted by Crippen LogP contribution is -2.32. The van der Waals surface area contributed by atoms with Crippen LogP contribution in [0.4, 0.5) is 0 Å². The minimum absolute atomic E-state index is 0.370. The van der Waals surface area contributed by atoms with Crippen molar-refractivity contribution in [1.82, 2.24) is 5.32 Å². The molecule has 0 radical (unpaired) electrons. The van der Waals surface area contributed by atoms with E-state index in [-0.39, 0.29) is 0 Å². The van der Waals surface area contributed by atoms with Crippen LogP contribution >= 0.6 is 0 Å². The quantitative estimate of drug-likeness (QED) is 0.595. The summed E-state index contributed by atoms with van der Waals surface area (Å²) in [7, 11) is 0. The summed E-state index contributed by atoms with van der Waals surface area (Å²) in [5.74, 6) is 4.35. The molecule has 0 aromatic carbocycles. The fraction of sp³-hybridized carbons (Fsp3) is 1.00. The van der Waals surface area contributed by atoms with Crippen LogP contribution in [0.25, 0.3) is 0 Å². The average molecular weight is 372 g/mol. The Morgan fingerprint density at radius 1 is 0.808 bits per heavy atom. The van der Waals surface area contributed by atoms with Crippen molar-refractivity contribution in [2.45, 2.75) is 101 Å². The normalized spacial score (nSPS) is 20.0. The van der Waals surface area contributed by atoms with Crippen molar-refractivity contribution >= 4 is 0 Å². The van der Waals surface area contributed by atoms with Gasteiger partial charge in [-0.25, -0.2) is 0 Å². The first-order valence-corrected chi connectivity index (χ1v) is 11.2. The van der Waals surface area contributed by atoms with Gasteiger partial charge in [-0.1, -0.05) is 75.7 Å². The zero-order chi connectivity index (χ0) is 20.9. The highest BCUT2D eigenvalue weighted by molar-refractivity contribution is 4.71. The molecule has 3 nitrogen and oxygen atoms in total. The third kappa shape index (κ3) is 14.0. The zero-order valence-corrected chi connectivity index (χ0v) is 19.8. The van der Waals surface area contributed by atoms with Crippen molar-refractivity contribution in [3.05, 3.63) is 0 Å². The van der Waals surface area contributed by atoms with E-state index in [0.717, 1.165) is 11.8 Å². The molecule has 3 unspecified atom stereocenters. The van der Waals surface area contributed by atoms with Gasteiger partial charge < -0.3 is 16.8 Å². The number of rotatable bonds is 6. The fourth-order valence-electron chi connectivity index (χ4n) is 3.15. The molecular formula is C23H53N3. The monoisotopic (exact) mass is 371 g/mol.